The number of thioether (sulfide) groups is 1. The van der Waals surface area contributed by atoms with Gasteiger partial charge in [-0.15, -0.1) is 11.8 Å². The molecule has 0 saturated heterocycles. The zero-order valence-electron chi connectivity index (χ0n) is 18.7. The van der Waals surface area contributed by atoms with Gasteiger partial charge in [0.15, 0.2) is 5.82 Å². The van der Waals surface area contributed by atoms with Gasteiger partial charge in [-0.3, -0.25) is 0 Å². The number of allylic oxidation sites excluding steroid dienone is 1. The van der Waals surface area contributed by atoms with Crippen LogP contribution in [0.3, 0.4) is 0 Å². The monoisotopic (exact) mass is 463 g/mol. The largest absolute Gasteiger partial charge is 0.505 e. The Bertz CT molecular complexity index is 1110. The van der Waals surface area contributed by atoms with Crippen molar-refractivity contribution >= 4 is 29.1 Å². The molecule has 8 heteroatoms. The molecule has 1 aromatic heterocycles. The smallest absolute Gasteiger partial charge is 0.153 e. The highest BCUT2D eigenvalue weighted by molar-refractivity contribution is 7.99. The van der Waals surface area contributed by atoms with E-state index in [0.29, 0.717) is 29.6 Å². The first-order chi connectivity index (χ1) is 15.9. The van der Waals surface area contributed by atoms with Crippen LogP contribution in [0.2, 0.25) is 0 Å². The van der Waals surface area contributed by atoms with Gasteiger partial charge in [-0.1, -0.05) is 50.2 Å². The molecule has 0 fully saturated rings. The van der Waals surface area contributed by atoms with Gasteiger partial charge in [-0.25, -0.2) is 9.97 Å². The van der Waals surface area contributed by atoms with Crippen molar-refractivity contribution in [3.63, 3.8) is 0 Å². The van der Waals surface area contributed by atoms with Crippen LogP contribution in [-0.4, -0.2) is 44.3 Å². The quantitative estimate of drug-likeness (QED) is 0.131. The summed E-state index contributed by atoms with van der Waals surface area (Å²) in [4.78, 5) is 9.86. The van der Waals surface area contributed by atoms with Crippen molar-refractivity contribution in [1.29, 1.82) is 5.41 Å². The fourth-order valence-electron chi connectivity index (χ4n) is 3.10. The van der Waals surface area contributed by atoms with E-state index in [1.807, 2.05) is 48.5 Å². The van der Waals surface area contributed by atoms with E-state index in [0.717, 1.165) is 11.1 Å². The Balaban J connectivity index is 1.77. The minimum absolute atomic E-state index is 0.0859. The molecule has 0 unspecified atom stereocenters. The van der Waals surface area contributed by atoms with E-state index in [1.54, 1.807) is 18.0 Å². The number of hydrogen-bond donors (Lipinski definition) is 5. The molecule has 3 aromatic rings. The van der Waals surface area contributed by atoms with Crippen LogP contribution in [0.25, 0.3) is 17.0 Å². The topological polar surface area (TPSA) is 128 Å². The second-order valence-electron chi connectivity index (χ2n) is 7.72. The molecule has 0 aliphatic carbocycles. The molecule has 7 nitrogen and oxygen atoms in total. The molecule has 33 heavy (non-hydrogen) atoms. The number of nitrogens with one attached hydrogen (secondary N) is 2. The van der Waals surface area contributed by atoms with Gasteiger partial charge in [0.1, 0.15) is 11.5 Å². The van der Waals surface area contributed by atoms with Crippen LogP contribution in [-0.2, 0) is 6.54 Å². The third-order valence-electron chi connectivity index (χ3n) is 4.73. The molecule has 0 atom stereocenters. The maximum absolute atomic E-state index is 10.6. The summed E-state index contributed by atoms with van der Waals surface area (Å²) in [6.07, 6.45) is 2.90. The highest BCUT2D eigenvalue weighted by Crippen LogP contribution is 2.27. The molecule has 0 aliphatic rings. The summed E-state index contributed by atoms with van der Waals surface area (Å²) in [6.45, 7) is 5.53. The molecular weight excluding hydrogens is 434 g/mol. The summed E-state index contributed by atoms with van der Waals surface area (Å²) < 4.78 is 0. The number of aromatic nitrogens is 2. The van der Waals surface area contributed by atoms with Crippen molar-refractivity contribution in [2.24, 2.45) is 0 Å². The molecule has 0 spiro atoms. The fraction of sp³-hybridized carbons (Fsp3) is 0.240. The van der Waals surface area contributed by atoms with Crippen molar-refractivity contribution in [3.05, 3.63) is 77.6 Å². The molecular formula is C25H29N5O2S. The number of rotatable bonds is 10. The minimum atomic E-state index is -0.215. The number of aliphatic hydroxyl groups excluding tert-OH is 2. The van der Waals surface area contributed by atoms with Crippen LogP contribution in [0, 0.1) is 5.41 Å². The van der Waals surface area contributed by atoms with Gasteiger partial charge >= 0.3 is 0 Å². The molecule has 2 aromatic carbocycles. The number of anilines is 1. The lowest BCUT2D eigenvalue weighted by Gasteiger charge is -2.09. The molecule has 172 valence electrons. The summed E-state index contributed by atoms with van der Waals surface area (Å²) >= 11 is 1.78. The molecule has 6 N–H and O–H groups in total. The summed E-state index contributed by atoms with van der Waals surface area (Å²) in [5.41, 5.74) is 9.37. The zero-order chi connectivity index (χ0) is 23.8. The average molecular weight is 464 g/mol. The summed E-state index contributed by atoms with van der Waals surface area (Å²) in [7, 11) is 0. The molecule has 0 radical (unpaired) electrons. The van der Waals surface area contributed by atoms with E-state index >= 15 is 0 Å². The van der Waals surface area contributed by atoms with Gasteiger partial charge in [0.25, 0.3) is 0 Å². The van der Waals surface area contributed by atoms with Crippen molar-refractivity contribution in [2.45, 2.75) is 30.5 Å². The first kappa shape index (κ1) is 24.4. The van der Waals surface area contributed by atoms with E-state index in [9.17, 15) is 5.11 Å². The Labute approximate surface area is 198 Å². The van der Waals surface area contributed by atoms with Crippen molar-refractivity contribution in [1.82, 2.24) is 15.3 Å². The number of nitrogens with zero attached hydrogens (tertiary/aromatic N) is 2. The van der Waals surface area contributed by atoms with Crippen molar-refractivity contribution in [2.75, 3.05) is 18.9 Å². The predicted molar refractivity (Wildman–Crippen MR) is 136 cm³/mol. The average Bonchev–Trinajstić information content (AvgIpc) is 2.80. The first-order valence-corrected chi connectivity index (χ1v) is 11.6. The minimum Gasteiger partial charge on any atom is -0.505 e. The number of aliphatic hydroxyl groups is 2. The van der Waals surface area contributed by atoms with Crippen LogP contribution in [0.4, 0.5) is 5.82 Å². The number of hydrogen-bond acceptors (Lipinski definition) is 8. The Morgan fingerprint density at radius 1 is 1.15 bits per heavy atom. The van der Waals surface area contributed by atoms with Gasteiger partial charge in [-0.05, 0) is 23.3 Å². The van der Waals surface area contributed by atoms with E-state index in [4.69, 9.17) is 16.2 Å². The number of nitrogen functional groups attached to an aromatic ring is 1. The normalized spacial score (nSPS) is 11.7. The highest BCUT2D eigenvalue weighted by Gasteiger charge is 2.12. The van der Waals surface area contributed by atoms with Crippen molar-refractivity contribution in [3.8, 4) is 11.3 Å². The third-order valence-corrected chi connectivity index (χ3v) is 5.74. The van der Waals surface area contributed by atoms with Gasteiger partial charge in [0.05, 0.1) is 24.2 Å². The van der Waals surface area contributed by atoms with Gasteiger partial charge in [-0.2, -0.15) is 0 Å². The van der Waals surface area contributed by atoms with Crippen LogP contribution in [0.15, 0.2) is 65.7 Å². The Morgan fingerprint density at radius 2 is 1.85 bits per heavy atom. The molecule has 1 heterocycles. The first-order valence-electron chi connectivity index (χ1n) is 10.7. The maximum atomic E-state index is 10.6. The number of nitrogens with two attached hydrogens (primary N) is 1. The van der Waals surface area contributed by atoms with E-state index in [2.05, 4.69) is 29.1 Å². The standard InChI is InChI=1S/C25H29N5O2S/c1-16(2)33-20-9-7-19(8-10-20)22-15-29-25(27)24(30-22)23(32)13-21(26)18-5-3-17(4-6-18)14-28-11-12-31/h3-10,13,15-16,26,28,31-32H,11-12,14H2,1-2H3,(H2,27,29)/b23-13-,26-21?. The lowest BCUT2D eigenvalue weighted by molar-refractivity contribution is 0.292. The van der Waals surface area contributed by atoms with Crippen LogP contribution >= 0.6 is 11.8 Å². The molecule has 0 aliphatic heterocycles. The fourth-order valence-corrected chi connectivity index (χ4v) is 3.94. The van der Waals surface area contributed by atoms with Crippen LogP contribution in [0.1, 0.15) is 30.7 Å². The van der Waals surface area contributed by atoms with E-state index in [1.165, 1.54) is 11.0 Å². The van der Waals surface area contributed by atoms with Crippen LogP contribution < -0.4 is 11.1 Å². The Kier molecular flexibility index (Phi) is 8.59. The third kappa shape index (κ3) is 6.89. The lowest BCUT2D eigenvalue weighted by atomic mass is 10.1. The molecule has 3 rings (SSSR count). The summed E-state index contributed by atoms with van der Waals surface area (Å²) in [6, 6.07) is 15.4. The zero-order valence-corrected chi connectivity index (χ0v) is 19.6. The number of benzene rings is 2. The summed E-state index contributed by atoms with van der Waals surface area (Å²) in [5, 5.41) is 31.4. The molecule has 0 saturated carbocycles. The Morgan fingerprint density at radius 3 is 2.48 bits per heavy atom. The second-order valence-corrected chi connectivity index (χ2v) is 9.37. The van der Waals surface area contributed by atoms with E-state index < -0.39 is 0 Å². The predicted octanol–water partition coefficient (Wildman–Crippen LogP) is 4.28. The maximum Gasteiger partial charge on any atom is 0.153 e. The SMILES string of the molecule is CC(C)Sc1ccc(-c2cnc(N)c(/C(O)=C/C(=N)c3ccc(CNCCO)cc3)n2)cc1. The highest BCUT2D eigenvalue weighted by atomic mass is 32.2. The van der Waals surface area contributed by atoms with Crippen LogP contribution in [0.5, 0.6) is 0 Å². The molecule has 0 bridgehead atoms. The van der Waals surface area contributed by atoms with E-state index in [-0.39, 0.29) is 29.6 Å². The van der Waals surface area contributed by atoms with Crippen molar-refractivity contribution < 1.29 is 10.2 Å². The van der Waals surface area contributed by atoms with Gasteiger partial charge in [0, 0.05) is 34.9 Å². The summed E-state index contributed by atoms with van der Waals surface area (Å²) in [5.74, 6) is -0.120. The lowest BCUT2D eigenvalue weighted by Crippen LogP contribution is -2.17. The Hall–Kier alpha value is -3.20. The molecule has 0 amide bonds. The van der Waals surface area contributed by atoms with Gasteiger partial charge < -0.3 is 26.7 Å². The second kappa shape index (κ2) is 11.6. The van der Waals surface area contributed by atoms with Gasteiger partial charge in [0.2, 0.25) is 0 Å².